The van der Waals surface area contributed by atoms with Crippen molar-refractivity contribution in [3.05, 3.63) is 23.2 Å². The summed E-state index contributed by atoms with van der Waals surface area (Å²) < 4.78 is 115. The van der Waals surface area contributed by atoms with Crippen LogP contribution in [-0.2, 0) is 11.8 Å². The summed E-state index contributed by atoms with van der Waals surface area (Å²) in [6.07, 6.45) is -18.2. The summed E-state index contributed by atoms with van der Waals surface area (Å²) in [6, 6.07) is 0.156. The van der Waals surface area contributed by atoms with Gasteiger partial charge in [-0.25, -0.2) is 18.6 Å². The third-order valence-corrected chi connectivity index (χ3v) is 4.99. The number of pyridine rings is 1. The lowest BCUT2D eigenvalue weighted by Gasteiger charge is -2.30. The van der Waals surface area contributed by atoms with Crippen LogP contribution in [-0.4, -0.2) is 49.4 Å². The molecule has 35 heavy (non-hydrogen) atoms. The summed E-state index contributed by atoms with van der Waals surface area (Å²) in [5.74, 6) is -8.37. The van der Waals surface area contributed by atoms with E-state index in [-0.39, 0.29) is 6.07 Å². The Balaban J connectivity index is 2.31. The van der Waals surface area contributed by atoms with Crippen molar-refractivity contribution >= 4 is 17.6 Å². The molecule has 192 valence electrons. The Hall–Kier alpha value is -3.37. The van der Waals surface area contributed by atoms with Gasteiger partial charge in [0.1, 0.15) is 5.69 Å². The highest BCUT2D eigenvalue weighted by atomic mass is 19.4. The Morgan fingerprint density at radius 1 is 1.09 bits per heavy atom. The maximum atomic E-state index is 14.3. The molecular formula is C18H14F8N4O5. The standard InChI is InChI=1S/C18H14F8N4O5/c19-15(20)4-2-1-3-9(31)10-7(17(21,22)23)5-8(27-14(32)33)11(28-10)12-29-30-13(35-12)16(34,6-15)18(24,25)26/h5,27,34H,1-4,6H2,(H,32,33)/t16-/m1/s1. The van der Waals surface area contributed by atoms with Crippen molar-refractivity contribution in [2.45, 2.75) is 56.0 Å². The van der Waals surface area contributed by atoms with E-state index in [0.717, 1.165) is 0 Å². The average Bonchev–Trinajstić information content (AvgIpc) is 3.18. The number of aliphatic hydroxyl groups is 1. The Bertz CT molecular complexity index is 1150. The monoisotopic (exact) mass is 518 g/mol. The van der Waals surface area contributed by atoms with E-state index in [0.29, 0.717) is 0 Å². The number of carbonyl (C=O) groups excluding carboxylic acids is 1. The average molecular weight is 518 g/mol. The smallest absolute Gasteiger partial charge is 0.426 e. The van der Waals surface area contributed by atoms with Crippen LogP contribution in [0.3, 0.4) is 0 Å². The van der Waals surface area contributed by atoms with E-state index < -0.39 is 102 Å². The fourth-order valence-electron chi connectivity index (χ4n) is 3.35. The summed E-state index contributed by atoms with van der Waals surface area (Å²) in [5, 5.41) is 26.7. The number of halogens is 8. The van der Waals surface area contributed by atoms with Crippen LogP contribution in [0, 0.1) is 0 Å². The quantitative estimate of drug-likeness (QED) is 0.459. The normalized spacial score (nSPS) is 21.3. The number of anilines is 1. The molecule has 0 radical (unpaired) electrons. The molecule has 17 heteroatoms. The van der Waals surface area contributed by atoms with Crippen molar-refractivity contribution in [3.63, 3.8) is 0 Å². The van der Waals surface area contributed by atoms with Gasteiger partial charge in [0, 0.05) is 12.8 Å². The van der Waals surface area contributed by atoms with Gasteiger partial charge in [-0.05, 0) is 18.9 Å². The molecule has 0 unspecified atom stereocenters. The first-order chi connectivity index (χ1) is 15.9. The largest absolute Gasteiger partial charge is 0.465 e. The zero-order chi connectivity index (χ0) is 26.4. The van der Waals surface area contributed by atoms with E-state index in [9.17, 15) is 49.8 Å². The van der Waals surface area contributed by atoms with Gasteiger partial charge < -0.3 is 14.6 Å². The fourth-order valence-corrected chi connectivity index (χ4v) is 3.35. The zero-order valence-corrected chi connectivity index (χ0v) is 17.1. The Kier molecular flexibility index (Phi) is 6.51. The molecule has 0 spiro atoms. The lowest BCUT2D eigenvalue weighted by atomic mass is 9.91. The van der Waals surface area contributed by atoms with E-state index in [1.54, 1.807) is 0 Å². The Labute approximate surface area is 189 Å². The topological polar surface area (TPSA) is 138 Å². The number of carbonyl (C=O) groups is 2. The van der Waals surface area contributed by atoms with Crippen LogP contribution < -0.4 is 5.32 Å². The molecule has 3 rings (SSSR count). The minimum absolute atomic E-state index is 0.156. The van der Waals surface area contributed by atoms with Crippen molar-refractivity contribution in [1.29, 1.82) is 0 Å². The molecule has 1 aliphatic heterocycles. The first-order valence-corrected chi connectivity index (χ1v) is 9.61. The van der Waals surface area contributed by atoms with Crippen LogP contribution in [0.25, 0.3) is 11.6 Å². The second kappa shape index (κ2) is 8.69. The van der Waals surface area contributed by atoms with E-state index in [1.807, 2.05) is 0 Å². The van der Waals surface area contributed by atoms with Crippen molar-refractivity contribution in [1.82, 2.24) is 15.2 Å². The number of rotatable bonds is 1. The summed E-state index contributed by atoms with van der Waals surface area (Å²) in [5.41, 5.74) is -9.32. The lowest BCUT2D eigenvalue weighted by molar-refractivity contribution is -0.294. The van der Waals surface area contributed by atoms with Crippen LogP contribution in [0.15, 0.2) is 10.5 Å². The van der Waals surface area contributed by atoms with Crippen LogP contribution >= 0.6 is 0 Å². The van der Waals surface area contributed by atoms with Crippen molar-refractivity contribution in [2.75, 3.05) is 5.32 Å². The fraction of sp³-hybridized carbons (Fsp3) is 0.500. The molecule has 0 saturated heterocycles. The molecule has 0 saturated carbocycles. The molecule has 0 aliphatic carbocycles. The number of fused-ring (bicyclic) bond motifs is 5. The molecule has 1 amide bonds. The molecule has 0 aromatic carbocycles. The Morgan fingerprint density at radius 3 is 2.31 bits per heavy atom. The second-order valence-corrected chi connectivity index (χ2v) is 7.64. The van der Waals surface area contributed by atoms with Gasteiger partial charge in [-0.1, -0.05) is 0 Å². The number of alkyl halides is 8. The minimum Gasteiger partial charge on any atom is -0.465 e. The number of nitrogens with one attached hydrogen (secondary N) is 1. The number of carboxylic acid groups (broad SMARTS) is 1. The summed E-state index contributed by atoms with van der Waals surface area (Å²) in [6.45, 7) is 0. The number of hydrogen-bond donors (Lipinski definition) is 3. The van der Waals surface area contributed by atoms with E-state index in [2.05, 4.69) is 19.6 Å². The van der Waals surface area contributed by atoms with Gasteiger partial charge in [0.25, 0.3) is 17.7 Å². The predicted molar refractivity (Wildman–Crippen MR) is 96.5 cm³/mol. The van der Waals surface area contributed by atoms with Crippen LogP contribution in [0.1, 0.15) is 54.0 Å². The SMILES string of the molecule is O=C(O)Nc1cc(C(F)(F)F)c2nc1-c1nnc(o1)[C@@](O)(C(F)(F)F)CC(F)(F)CCCCC2=O. The zero-order valence-electron chi connectivity index (χ0n) is 17.1. The highest BCUT2D eigenvalue weighted by Crippen LogP contribution is 2.47. The van der Waals surface area contributed by atoms with Gasteiger partial charge in [-0.3, -0.25) is 10.1 Å². The molecule has 3 heterocycles. The van der Waals surface area contributed by atoms with Crippen LogP contribution in [0.2, 0.25) is 0 Å². The molecule has 0 fully saturated rings. The van der Waals surface area contributed by atoms with Gasteiger partial charge >= 0.3 is 18.4 Å². The van der Waals surface area contributed by atoms with Crippen molar-refractivity contribution < 1.29 is 59.3 Å². The van der Waals surface area contributed by atoms with Gasteiger partial charge in [0.2, 0.25) is 5.60 Å². The van der Waals surface area contributed by atoms with Crippen LogP contribution in [0.4, 0.5) is 45.6 Å². The number of nitrogens with zero attached hydrogens (tertiary/aromatic N) is 3. The first kappa shape index (κ1) is 26.2. The highest BCUT2D eigenvalue weighted by molar-refractivity contribution is 5.98. The summed E-state index contributed by atoms with van der Waals surface area (Å²) in [4.78, 5) is 27.0. The van der Waals surface area contributed by atoms with E-state index >= 15 is 0 Å². The second-order valence-electron chi connectivity index (χ2n) is 7.64. The number of ketones is 1. The maximum absolute atomic E-state index is 14.3. The third-order valence-electron chi connectivity index (χ3n) is 4.99. The van der Waals surface area contributed by atoms with Gasteiger partial charge in [-0.15, -0.1) is 10.2 Å². The molecule has 2 aromatic heterocycles. The Morgan fingerprint density at radius 2 is 1.74 bits per heavy atom. The molecule has 1 aliphatic rings. The van der Waals surface area contributed by atoms with Crippen molar-refractivity contribution in [3.8, 4) is 11.6 Å². The van der Waals surface area contributed by atoms with Crippen LogP contribution in [0.5, 0.6) is 0 Å². The third kappa shape index (κ3) is 5.33. The van der Waals surface area contributed by atoms with E-state index in [4.69, 9.17) is 5.11 Å². The molecule has 1 atom stereocenters. The number of hydrogen-bond acceptors (Lipinski definition) is 7. The van der Waals surface area contributed by atoms with Gasteiger partial charge in [-0.2, -0.15) is 26.3 Å². The lowest BCUT2D eigenvalue weighted by Crippen LogP contribution is -2.47. The highest BCUT2D eigenvalue weighted by Gasteiger charge is 2.63. The predicted octanol–water partition coefficient (Wildman–Crippen LogP) is 4.77. The van der Waals surface area contributed by atoms with Gasteiger partial charge in [0.05, 0.1) is 17.7 Å². The number of aromatic nitrogens is 3. The molecule has 3 N–H and O–H groups in total. The van der Waals surface area contributed by atoms with Gasteiger partial charge in [0.15, 0.2) is 11.5 Å². The molecule has 9 nitrogen and oxygen atoms in total. The minimum atomic E-state index is -5.76. The maximum Gasteiger partial charge on any atom is 0.426 e. The van der Waals surface area contributed by atoms with Crippen molar-refractivity contribution in [2.24, 2.45) is 0 Å². The number of amides is 1. The molecular weight excluding hydrogens is 504 g/mol. The summed E-state index contributed by atoms with van der Waals surface area (Å²) >= 11 is 0. The first-order valence-electron chi connectivity index (χ1n) is 9.61. The molecule has 4 bridgehead atoms. The molecule has 2 aromatic rings. The number of Topliss-reactive ketones (excluding diaryl/α,β-unsaturated/α-hetero) is 1. The van der Waals surface area contributed by atoms with E-state index in [1.165, 1.54) is 5.32 Å². The summed E-state index contributed by atoms with van der Waals surface area (Å²) in [7, 11) is 0.